The van der Waals surface area contributed by atoms with Gasteiger partial charge in [-0.3, -0.25) is 14.6 Å². The first-order valence-corrected chi connectivity index (χ1v) is 8.90. The van der Waals surface area contributed by atoms with Crippen LogP contribution < -0.4 is 10.6 Å². The van der Waals surface area contributed by atoms with Crippen molar-refractivity contribution in [2.75, 3.05) is 6.54 Å². The van der Waals surface area contributed by atoms with Crippen LogP contribution in [0.3, 0.4) is 0 Å². The third-order valence-electron chi connectivity index (χ3n) is 4.57. The number of hydrogen-bond donors (Lipinski definition) is 2. The minimum Gasteiger partial charge on any atom is -0.352 e. The Morgan fingerprint density at radius 2 is 1.69 bits per heavy atom. The van der Waals surface area contributed by atoms with Gasteiger partial charge in [-0.1, -0.05) is 25.0 Å². The van der Waals surface area contributed by atoms with Crippen molar-refractivity contribution in [1.29, 1.82) is 0 Å². The Labute approximate surface area is 152 Å². The number of benzene rings is 1. The number of rotatable bonds is 6. The largest absolute Gasteiger partial charge is 0.352 e. The molecule has 0 unspecified atom stereocenters. The number of nitrogens with one attached hydrogen (secondary N) is 2. The zero-order valence-electron chi connectivity index (χ0n) is 14.5. The lowest BCUT2D eigenvalue weighted by Gasteiger charge is -2.12. The molecule has 2 amide bonds. The van der Waals surface area contributed by atoms with Crippen LogP contribution in [0.2, 0.25) is 0 Å². The molecular formula is C20H22FN3O2. The molecule has 2 aromatic rings. The summed E-state index contributed by atoms with van der Waals surface area (Å²) in [4.78, 5) is 28.6. The second kappa shape index (κ2) is 8.56. The maximum absolute atomic E-state index is 12.9. The van der Waals surface area contributed by atoms with Gasteiger partial charge >= 0.3 is 0 Å². The highest BCUT2D eigenvalue weighted by atomic mass is 19.1. The molecule has 2 N–H and O–H groups in total. The van der Waals surface area contributed by atoms with Crippen LogP contribution in [0.5, 0.6) is 0 Å². The van der Waals surface area contributed by atoms with Crippen LogP contribution >= 0.6 is 0 Å². The van der Waals surface area contributed by atoms with E-state index in [1.807, 2.05) is 0 Å². The minimum absolute atomic E-state index is 0.189. The van der Waals surface area contributed by atoms with Crippen molar-refractivity contribution in [3.05, 3.63) is 65.2 Å². The number of nitrogens with zero attached hydrogens (tertiary/aromatic N) is 1. The smallest absolute Gasteiger partial charge is 0.253 e. The van der Waals surface area contributed by atoms with E-state index < -0.39 is 0 Å². The number of carbonyl (C=O) groups excluding carboxylic acids is 2. The van der Waals surface area contributed by atoms with E-state index in [4.69, 9.17) is 0 Å². The second-order valence-corrected chi connectivity index (χ2v) is 6.55. The Balaban J connectivity index is 1.53. The van der Waals surface area contributed by atoms with Crippen LogP contribution in [0.25, 0.3) is 0 Å². The summed E-state index contributed by atoms with van der Waals surface area (Å²) in [5.74, 6) is -0.753. The highest BCUT2D eigenvalue weighted by Gasteiger charge is 2.18. The van der Waals surface area contributed by atoms with Gasteiger partial charge in [0.2, 0.25) is 0 Å². The predicted octanol–water partition coefficient (Wildman–Crippen LogP) is 2.87. The van der Waals surface area contributed by atoms with E-state index >= 15 is 0 Å². The van der Waals surface area contributed by atoms with Gasteiger partial charge in [-0.25, -0.2) is 4.39 Å². The first-order chi connectivity index (χ1) is 12.6. The quantitative estimate of drug-likeness (QED) is 0.837. The molecule has 0 spiro atoms. The van der Waals surface area contributed by atoms with Crippen molar-refractivity contribution in [3.8, 4) is 0 Å². The molecule has 1 saturated carbocycles. The molecule has 3 rings (SSSR count). The van der Waals surface area contributed by atoms with Crippen LogP contribution in [-0.2, 0) is 6.42 Å². The van der Waals surface area contributed by atoms with Crippen LogP contribution in [0, 0.1) is 5.82 Å². The fourth-order valence-corrected chi connectivity index (χ4v) is 3.10. The van der Waals surface area contributed by atoms with E-state index in [0.717, 1.165) is 31.2 Å². The van der Waals surface area contributed by atoms with Crippen molar-refractivity contribution in [1.82, 2.24) is 15.6 Å². The second-order valence-electron chi connectivity index (χ2n) is 6.55. The van der Waals surface area contributed by atoms with E-state index in [-0.39, 0.29) is 23.7 Å². The Morgan fingerprint density at radius 1 is 1.04 bits per heavy atom. The van der Waals surface area contributed by atoms with E-state index in [1.54, 1.807) is 18.2 Å². The zero-order valence-corrected chi connectivity index (χ0v) is 14.5. The van der Waals surface area contributed by atoms with Gasteiger partial charge in [-0.15, -0.1) is 0 Å². The molecule has 1 heterocycles. The van der Waals surface area contributed by atoms with Crippen molar-refractivity contribution >= 4 is 11.8 Å². The van der Waals surface area contributed by atoms with Crippen LogP contribution in [-0.4, -0.2) is 29.4 Å². The highest BCUT2D eigenvalue weighted by molar-refractivity contribution is 5.99. The van der Waals surface area contributed by atoms with Gasteiger partial charge in [0.05, 0.1) is 11.1 Å². The lowest BCUT2D eigenvalue weighted by atomic mass is 10.1. The van der Waals surface area contributed by atoms with Gasteiger partial charge in [0, 0.05) is 25.0 Å². The lowest BCUT2D eigenvalue weighted by Crippen LogP contribution is -2.33. The minimum atomic E-state index is -0.282. The Hall–Kier alpha value is -2.76. The molecule has 6 heteroatoms. The SMILES string of the molecule is O=C(NCCc1ccc(F)cc1)c1cncc(C(=O)NC2CCCC2)c1. The molecule has 1 aliphatic carbocycles. The Kier molecular flexibility index (Phi) is 5.94. The van der Waals surface area contributed by atoms with Crippen molar-refractivity contribution in [3.63, 3.8) is 0 Å². The summed E-state index contributed by atoms with van der Waals surface area (Å²) in [5, 5.41) is 5.79. The summed E-state index contributed by atoms with van der Waals surface area (Å²) in [7, 11) is 0. The number of carbonyl (C=O) groups is 2. The van der Waals surface area contributed by atoms with Gasteiger partial charge in [0.1, 0.15) is 5.82 Å². The number of hydrogen-bond acceptors (Lipinski definition) is 3. The highest BCUT2D eigenvalue weighted by Crippen LogP contribution is 2.18. The first kappa shape index (κ1) is 18.0. The molecule has 136 valence electrons. The molecule has 26 heavy (non-hydrogen) atoms. The molecule has 1 aromatic carbocycles. The number of halogens is 1. The van der Waals surface area contributed by atoms with E-state index in [9.17, 15) is 14.0 Å². The van der Waals surface area contributed by atoms with E-state index in [0.29, 0.717) is 24.1 Å². The first-order valence-electron chi connectivity index (χ1n) is 8.90. The third kappa shape index (κ3) is 4.88. The van der Waals surface area contributed by atoms with Gasteiger partial charge in [-0.2, -0.15) is 0 Å². The standard InChI is InChI=1S/C20H22FN3O2/c21-17-7-5-14(6-8-17)9-10-23-19(25)15-11-16(13-22-12-15)20(26)24-18-3-1-2-4-18/h5-8,11-13,18H,1-4,9-10H2,(H,23,25)(H,24,26). The van der Waals surface area contributed by atoms with Crippen LogP contribution in [0.15, 0.2) is 42.7 Å². The number of amides is 2. The molecule has 0 aliphatic heterocycles. The predicted molar refractivity (Wildman–Crippen MR) is 96.4 cm³/mol. The molecule has 1 fully saturated rings. The third-order valence-corrected chi connectivity index (χ3v) is 4.57. The number of pyridine rings is 1. The fourth-order valence-electron chi connectivity index (χ4n) is 3.10. The average molecular weight is 355 g/mol. The lowest BCUT2D eigenvalue weighted by molar-refractivity contribution is 0.0937. The Morgan fingerprint density at radius 3 is 2.38 bits per heavy atom. The molecule has 1 aliphatic rings. The summed E-state index contributed by atoms with van der Waals surface area (Å²) in [5.41, 5.74) is 1.68. The summed E-state index contributed by atoms with van der Waals surface area (Å²) < 4.78 is 12.9. The maximum Gasteiger partial charge on any atom is 0.253 e. The molecule has 1 aromatic heterocycles. The topological polar surface area (TPSA) is 71.1 Å². The molecular weight excluding hydrogens is 333 g/mol. The summed E-state index contributed by atoms with van der Waals surface area (Å²) in [6, 6.07) is 7.95. The molecule has 0 radical (unpaired) electrons. The Bertz CT molecular complexity index is 771. The summed E-state index contributed by atoms with van der Waals surface area (Å²) in [6.07, 6.45) is 7.80. The zero-order chi connectivity index (χ0) is 18.4. The summed E-state index contributed by atoms with van der Waals surface area (Å²) >= 11 is 0. The maximum atomic E-state index is 12.9. The van der Waals surface area contributed by atoms with Crippen LogP contribution in [0.4, 0.5) is 4.39 Å². The van der Waals surface area contributed by atoms with E-state index in [2.05, 4.69) is 15.6 Å². The van der Waals surface area contributed by atoms with Crippen LogP contribution in [0.1, 0.15) is 52.0 Å². The normalized spacial score (nSPS) is 14.2. The molecule has 0 bridgehead atoms. The van der Waals surface area contributed by atoms with Crippen molar-refractivity contribution in [2.45, 2.75) is 38.1 Å². The molecule has 0 atom stereocenters. The van der Waals surface area contributed by atoms with Gasteiger partial charge in [0.15, 0.2) is 0 Å². The monoisotopic (exact) mass is 355 g/mol. The van der Waals surface area contributed by atoms with Gasteiger partial charge in [-0.05, 0) is 43.0 Å². The molecule has 5 nitrogen and oxygen atoms in total. The fraction of sp³-hybridized carbons (Fsp3) is 0.350. The van der Waals surface area contributed by atoms with Crippen molar-refractivity contribution in [2.24, 2.45) is 0 Å². The van der Waals surface area contributed by atoms with Gasteiger partial charge < -0.3 is 10.6 Å². The van der Waals surface area contributed by atoms with E-state index in [1.165, 1.54) is 24.5 Å². The average Bonchev–Trinajstić information content (AvgIpc) is 3.16. The number of aromatic nitrogens is 1. The van der Waals surface area contributed by atoms with Crippen molar-refractivity contribution < 1.29 is 14.0 Å². The molecule has 0 saturated heterocycles. The summed E-state index contributed by atoms with van der Waals surface area (Å²) in [6.45, 7) is 0.420. The van der Waals surface area contributed by atoms with Gasteiger partial charge in [0.25, 0.3) is 11.8 Å².